The molecule has 0 aliphatic rings. The van der Waals surface area contributed by atoms with Crippen LogP contribution in [0.25, 0.3) is 0 Å². The molecule has 0 fully saturated rings. The maximum Gasteiger partial charge on any atom is 0.301 e. The van der Waals surface area contributed by atoms with Crippen LogP contribution in [0.15, 0.2) is 42.5 Å². The van der Waals surface area contributed by atoms with E-state index in [-0.39, 0.29) is 23.7 Å². The number of hydrogen-bond donors (Lipinski definition) is 0. The SMILES string of the molecule is CCOP(=O)(C(=O)c1c(OC)cc(OC)cc1OC)c1ccccc1. The molecule has 0 heterocycles. The average Bonchev–Trinajstić information content (AvgIpc) is 2.66. The zero-order valence-corrected chi connectivity index (χ0v) is 15.5. The summed E-state index contributed by atoms with van der Waals surface area (Å²) in [5.41, 5.74) is -0.622. The summed E-state index contributed by atoms with van der Waals surface area (Å²) in [5.74, 6) is 0.866. The molecule has 1 unspecified atom stereocenters. The van der Waals surface area contributed by atoms with E-state index in [9.17, 15) is 9.36 Å². The average molecular weight is 364 g/mol. The standard InChI is InChI=1S/C18H21O6P/c1-5-24-25(20,14-9-7-6-8-10-14)18(19)17-15(22-3)11-13(21-2)12-16(17)23-4/h6-12H,5H2,1-4H3. The number of rotatable bonds is 8. The molecular weight excluding hydrogens is 343 g/mol. The fourth-order valence-electron chi connectivity index (χ4n) is 2.42. The number of ether oxygens (including phenoxy) is 3. The van der Waals surface area contributed by atoms with Crippen LogP contribution < -0.4 is 19.5 Å². The molecule has 2 rings (SSSR count). The summed E-state index contributed by atoms with van der Waals surface area (Å²) in [6.45, 7) is 1.81. The lowest BCUT2D eigenvalue weighted by Gasteiger charge is -2.20. The van der Waals surface area contributed by atoms with Crippen LogP contribution in [-0.4, -0.2) is 33.5 Å². The van der Waals surface area contributed by atoms with Crippen molar-refractivity contribution in [1.82, 2.24) is 0 Å². The zero-order valence-electron chi connectivity index (χ0n) is 14.6. The lowest BCUT2D eigenvalue weighted by molar-refractivity contribution is 0.105. The summed E-state index contributed by atoms with van der Waals surface area (Å²) in [4.78, 5) is 13.2. The van der Waals surface area contributed by atoms with E-state index < -0.39 is 12.9 Å². The minimum Gasteiger partial charge on any atom is -0.496 e. The largest absolute Gasteiger partial charge is 0.496 e. The first-order chi connectivity index (χ1) is 12.0. The van der Waals surface area contributed by atoms with Gasteiger partial charge >= 0.3 is 7.37 Å². The molecule has 0 amide bonds. The van der Waals surface area contributed by atoms with Gasteiger partial charge in [0, 0.05) is 17.4 Å². The third-order valence-corrected chi connectivity index (χ3v) is 5.96. The predicted octanol–water partition coefficient (Wildman–Crippen LogP) is 3.49. The highest BCUT2D eigenvalue weighted by Gasteiger charge is 2.39. The monoisotopic (exact) mass is 364 g/mol. The molecule has 1 atom stereocenters. The fourth-order valence-corrected chi connectivity index (χ4v) is 4.36. The molecule has 2 aromatic carbocycles. The molecule has 6 nitrogen and oxygen atoms in total. The van der Waals surface area contributed by atoms with Gasteiger partial charge in [0.2, 0.25) is 0 Å². The van der Waals surface area contributed by atoms with Crippen molar-refractivity contribution < 1.29 is 28.1 Å². The molecule has 0 N–H and O–H groups in total. The maximum absolute atomic E-state index is 13.5. The second-order valence-electron chi connectivity index (χ2n) is 5.02. The molecule has 7 heteroatoms. The van der Waals surface area contributed by atoms with E-state index in [1.54, 1.807) is 37.3 Å². The Kier molecular flexibility index (Phi) is 6.23. The highest BCUT2D eigenvalue weighted by Crippen LogP contribution is 2.52. The molecule has 0 aromatic heterocycles. The molecule has 2 aromatic rings. The van der Waals surface area contributed by atoms with Crippen LogP contribution in [0.4, 0.5) is 0 Å². The molecule has 0 saturated carbocycles. The third kappa shape index (κ3) is 3.70. The second-order valence-corrected chi connectivity index (χ2v) is 7.30. The molecule has 25 heavy (non-hydrogen) atoms. The minimum absolute atomic E-state index is 0.0615. The normalized spacial score (nSPS) is 13.0. The van der Waals surface area contributed by atoms with Crippen molar-refractivity contribution in [1.29, 1.82) is 0 Å². The van der Waals surface area contributed by atoms with Gasteiger partial charge in [-0.2, -0.15) is 0 Å². The van der Waals surface area contributed by atoms with Crippen molar-refractivity contribution in [2.24, 2.45) is 0 Å². The van der Waals surface area contributed by atoms with Gasteiger partial charge in [-0.05, 0) is 19.1 Å². The van der Waals surface area contributed by atoms with Gasteiger partial charge in [0.05, 0.1) is 27.9 Å². The Morgan fingerprint density at radius 1 is 0.960 bits per heavy atom. The van der Waals surface area contributed by atoms with Crippen molar-refractivity contribution in [2.45, 2.75) is 6.92 Å². The smallest absolute Gasteiger partial charge is 0.301 e. The summed E-state index contributed by atoms with van der Waals surface area (Å²) in [6, 6.07) is 11.5. The fraction of sp³-hybridized carbons (Fsp3) is 0.278. The molecular formula is C18H21O6P. The Morgan fingerprint density at radius 2 is 1.52 bits per heavy atom. The predicted molar refractivity (Wildman–Crippen MR) is 95.7 cm³/mol. The van der Waals surface area contributed by atoms with Gasteiger partial charge in [0.15, 0.2) is 0 Å². The summed E-state index contributed by atoms with van der Waals surface area (Å²) >= 11 is 0. The van der Waals surface area contributed by atoms with Crippen LogP contribution in [0.5, 0.6) is 17.2 Å². The van der Waals surface area contributed by atoms with Crippen LogP contribution in [0.2, 0.25) is 0 Å². The first-order valence-corrected chi connectivity index (χ1v) is 9.29. The second kappa shape index (κ2) is 8.19. The Bertz CT molecular complexity index is 762. The van der Waals surface area contributed by atoms with Crippen molar-refractivity contribution in [2.75, 3.05) is 27.9 Å². The summed E-state index contributed by atoms with van der Waals surface area (Å²) < 4.78 is 34.7. The summed E-state index contributed by atoms with van der Waals surface area (Å²) in [7, 11) is 0.494. The van der Waals surface area contributed by atoms with E-state index in [2.05, 4.69) is 0 Å². The lowest BCUT2D eigenvalue weighted by Crippen LogP contribution is -2.17. The topological polar surface area (TPSA) is 71.1 Å². The Morgan fingerprint density at radius 3 is 1.96 bits per heavy atom. The van der Waals surface area contributed by atoms with E-state index in [1.165, 1.54) is 33.5 Å². The van der Waals surface area contributed by atoms with E-state index in [0.717, 1.165) is 0 Å². The van der Waals surface area contributed by atoms with Gasteiger partial charge in [-0.1, -0.05) is 18.2 Å². The highest BCUT2D eigenvalue weighted by molar-refractivity contribution is 7.83. The van der Waals surface area contributed by atoms with Crippen LogP contribution >= 0.6 is 7.37 Å². The van der Waals surface area contributed by atoms with Crippen molar-refractivity contribution >= 4 is 18.2 Å². The molecule has 0 radical (unpaired) electrons. The van der Waals surface area contributed by atoms with Crippen molar-refractivity contribution in [3.63, 3.8) is 0 Å². The van der Waals surface area contributed by atoms with E-state index in [1.807, 2.05) is 0 Å². The van der Waals surface area contributed by atoms with Crippen molar-refractivity contribution in [3.05, 3.63) is 48.0 Å². The maximum atomic E-state index is 13.5. The number of methoxy groups -OCH3 is 3. The van der Waals surface area contributed by atoms with Gasteiger partial charge in [0.25, 0.3) is 5.52 Å². The Labute approximate surface area is 147 Å². The van der Waals surface area contributed by atoms with E-state index >= 15 is 0 Å². The number of hydrogen-bond acceptors (Lipinski definition) is 6. The molecule has 0 bridgehead atoms. The van der Waals surface area contributed by atoms with E-state index in [4.69, 9.17) is 18.7 Å². The summed E-state index contributed by atoms with van der Waals surface area (Å²) in [6.07, 6.45) is 0. The third-order valence-electron chi connectivity index (χ3n) is 3.60. The molecule has 0 saturated heterocycles. The molecule has 0 aliphatic heterocycles. The van der Waals surface area contributed by atoms with Gasteiger partial charge < -0.3 is 18.7 Å². The number of benzene rings is 2. The lowest BCUT2D eigenvalue weighted by atomic mass is 10.2. The van der Waals surface area contributed by atoms with Crippen LogP contribution in [-0.2, 0) is 9.09 Å². The zero-order chi connectivity index (χ0) is 18.4. The summed E-state index contributed by atoms with van der Waals surface area (Å²) in [5, 5.41) is 0.321. The van der Waals surface area contributed by atoms with Crippen molar-refractivity contribution in [3.8, 4) is 17.2 Å². The first kappa shape index (κ1) is 19.0. The van der Waals surface area contributed by atoms with Crippen LogP contribution in [0, 0.1) is 0 Å². The quantitative estimate of drug-likeness (QED) is 0.668. The first-order valence-electron chi connectivity index (χ1n) is 7.66. The van der Waals surface area contributed by atoms with E-state index in [0.29, 0.717) is 11.1 Å². The van der Waals surface area contributed by atoms with Gasteiger partial charge in [-0.15, -0.1) is 0 Å². The van der Waals surface area contributed by atoms with Gasteiger partial charge in [0.1, 0.15) is 22.8 Å². The number of carbonyl (C=O) groups excluding carboxylic acids is 1. The Hall–Kier alpha value is -2.30. The van der Waals surface area contributed by atoms with Gasteiger partial charge in [-0.3, -0.25) is 9.36 Å². The van der Waals surface area contributed by atoms with Crippen LogP contribution in [0.1, 0.15) is 17.3 Å². The molecule has 0 spiro atoms. The number of carbonyl (C=O) groups is 1. The molecule has 134 valence electrons. The molecule has 0 aliphatic carbocycles. The van der Waals surface area contributed by atoms with Gasteiger partial charge in [-0.25, -0.2) is 0 Å². The minimum atomic E-state index is -3.83. The highest BCUT2D eigenvalue weighted by atomic mass is 31.2. The van der Waals surface area contributed by atoms with Crippen LogP contribution in [0.3, 0.4) is 0 Å². The Balaban J connectivity index is 2.67.